The number of carbonyl (C=O) groups is 1. The van der Waals surface area contributed by atoms with Crippen LogP contribution < -0.4 is 15.1 Å². The average Bonchev–Trinajstić information content (AvgIpc) is 2.87. The molecule has 1 amide bonds. The number of nitrogens with one attached hydrogen (secondary N) is 3. The number of ether oxygens (including phenoxy) is 2. The number of hydrogen-bond acceptors (Lipinski definition) is 7. The van der Waals surface area contributed by atoms with Crippen molar-refractivity contribution in [2.75, 3.05) is 18.4 Å². The Morgan fingerprint density at radius 2 is 1.87 bits per heavy atom. The van der Waals surface area contributed by atoms with Gasteiger partial charge in [-0.15, -0.1) is 0 Å². The summed E-state index contributed by atoms with van der Waals surface area (Å²) in [7, 11) is 0. The molecule has 1 aliphatic rings. The normalized spacial score (nSPS) is 17.9. The maximum Gasteiger partial charge on any atom is 0.451 e. The lowest BCUT2D eigenvalue weighted by Gasteiger charge is -2.42. The molecule has 2 aromatic carbocycles. The largest absolute Gasteiger partial charge is 0.463 e. The summed E-state index contributed by atoms with van der Waals surface area (Å²) >= 11 is 0. The highest BCUT2D eigenvalue weighted by molar-refractivity contribution is 5.98. The van der Waals surface area contributed by atoms with Gasteiger partial charge in [0, 0.05) is 24.7 Å². The van der Waals surface area contributed by atoms with Crippen molar-refractivity contribution in [2.45, 2.75) is 64.0 Å². The SMILES string of the molecule is CC(C)(C)OC(=O)N1CCCC(NCc2cc(N(N=N)C(=N)C(F)(F)F)ccc2OCF)[C@@H]1c1ccccc1. The first kappa shape index (κ1) is 29.8. The van der Waals surface area contributed by atoms with Crippen molar-refractivity contribution in [3.63, 3.8) is 0 Å². The van der Waals surface area contributed by atoms with Gasteiger partial charge in [-0.3, -0.25) is 10.3 Å². The van der Waals surface area contributed by atoms with Crippen LogP contribution in [0.4, 0.5) is 28.0 Å². The number of piperidine rings is 1. The van der Waals surface area contributed by atoms with Crippen molar-refractivity contribution >= 4 is 17.6 Å². The van der Waals surface area contributed by atoms with E-state index in [2.05, 4.69) is 10.5 Å². The van der Waals surface area contributed by atoms with Crippen LogP contribution in [-0.2, 0) is 11.3 Å². The summed E-state index contributed by atoms with van der Waals surface area (Å²) in [6.07, 6.45) is -4.16. The van der Waals surface area contributed by atoms with E-state index in [1.54, 1.807) is 25.7 Å². The summed E-state index contributed by atoms with van der Waals surface area (Å²) in [6.45, 7) is 4.69. The predicted molar refractivity (Wildman–Crippen MR) is 136 cm³/mol. The van der Waals surface area contributed by atoms with E-state index in [0.29, 0.717) is 19.4 Å². The monoisotopic (exact) mass is 552 g/mol. The zero-order valence-corrected chi connectivity index (χ0v) is 21.9. The standard InChI is InChI=1S/C26H32F4N6O3/c1-25(2,3)39-24(37)35-13-7-10-20(22(35)17-8-5-4-6-9-17)33-15-18-14-19(11-12-21(18)38-16-27)36(34-32)23(31)26(28,29)30/h4-6,8-9,11-12,14,20,22,31-33H,7,10,13,15-16H2,1-3H3/t20?,22-/m0/s1. The van der Waals surface area contributed by atoms with Gasteiger partial charge in [0.1, 0.15) is 11.4 Å². The Labute approximate surface area is 224 Å². The van der Waals surface area contributed by atoms with Crippen LogP contribution >= 0.6 is 0 Å². The van der Waals surface area contributed by atoms with Gasteiger partial charge in [0.25, 0.3) is 0 Å². The molecule has 1 saturated heterocycles. The topological polar surface area (TPSA) is 114 Å². The third-order valence-corrected chi connectivity index (χ3v) is 6.03. The molecule has 3 rings (SSSR count). The van der Waals surface area contributed by atoms with Gasteiger partial charge in [0.15, 0.2) is 0 Å². The van der Waals surface area contributed by atoms with Crippen molar-refractivity contribution in [3.8, 4) is 5.75 Å². The summed E-state index contributed by atoms with van der Waals surface area (Å²) in [5, 5.41) is 13.7. The second-order valence-electron chi connectivity index (χ2n) is 9.96. The van der Waals surface area contributed by atoms with Crippen LogP contribution in [0, 0.1) is 10.9 Å². The van der Waals surface area contributed by atoms with Crippen LogP contribution in [0.1, 0.15) is 50.8 Å². The smallest absolute Gasteiger partial charge is 0.451 e. The summed E-state index contributed by atoms with van der Waals surface area (Å²) in [5.74, 6) is -1.77. The van der Waals surface area contributed by atoms with E-state index in [1.807, 2.05) is 30.3 Å². The van der Waals surface area contributed by atoms with Crippen LogP contribution in [0.25, 0.3) is 0 Å². The Morgan fingerprint density at radius 3 is 2.46 bits per heavy atom. The molecule has 1 aliphatic heterocycles. The zero-order valence-electron chi connectivity index (χ0n) is 21.9. The summed E-state index contributed by atoms with van der Waals surface area (Å²) in [4.78, 5) is 14.8. The van der Waals surface area contributed by atoms with E-state index in [9.17, 15) is 22.4 Å². The Kier molecular flexibility index (Phi) is 9.49. The molecule has 0 saturated carbocycles. The predicted octanol–water partition coefficient (Wildman–Crippen LogP) is 6.51. The fourth-order valence-electron chi connectivity index (χ4n) is 4.43. The molecule has 0 bridgehead atoms. The first-order valence-electron chi connectivity index (χ1n) is 12.3. The van der Waals surface area contributed by atoms with E-state index in [0.717, 1.165) is 11.6 Å². The van der Waals surface area contributed by atoms with Crippen molar-refractivity contribution < 1.29 is 31.8 Å². The van der Waals surface area contributed by atoms with Crippen molar-refractivity contribution in [1.82, 2.24) is 10.2 Å². The molecule has 39 heavy (non-hydrogen) atoms. The van der Waals surface area contributed by atoms with E-state index < -0.39 is 36.6 Å². The molecule has 1 unspecified atom stereocenters. The number of nitrogens with zero attached hydrogens (tertiary/aromatic N) is 3. The number of alkyl halides is 4. The second-order valence-corrected chi connectivity index (χ2v) is 9.96. The summed E-state index contributed by atoms with van der Waals surface area (Å²) < 4.78 is 63.2. The number of likely N-dealkylation sites (tertiary alicyclic amines) is 1. The molecule has 9 nitrogen and oxygen atoms in total. The molecule has 0 aromatic heterocycles. The first-order valence-corrected chi connectivity index (χ1v) is 12.3. The molecular weight excluding hydrogens is 520 g/mol. The molecule has 0 spiro atoms. The van der Waals surface area contributed by atoms with Gasteiger partial charge in [0.2, 0.25) is 12.7 Å². The molecular formula is C26H32F4N6O3. The Bertz CT molecular complexity index is 1160. The van der Waals surface area contributed by atoms with Gasteiger partial charge < -0.3 is 14.8 Å². The van der Waals surface area contributed by atoms with E-state index in [-0.39, 0.29) is 34.6 Å². The molecule has 1 heterocycles. The number of amidine groups is 1. The van der Waals surface area contributed by atoms with Crippen molar-refractivity contribution in [3.05, 3.63) is 59.7 Å². The van der Waals surface area contributed by atoms with Crippen molar-refractivity contribution in [1.29, 1.82) is 10.9 Å². The summed E-state index contributed by atoms with van der Waals surface area (Å²) in [5.41, 5.74) is 7.42. The molecule has 212 valence electrons. The Balaban J connectivity index is 1.92. The highest BCUT2D eigenvalue weighted by Gasteiger charge is 2.40. The minimum absolute atomic E-state index is 0.0323. The zero-order chi connectivity index (χ0) is 28.8. The molecule has 0 radical (unpaired) electrons. The lowest BCUT2D eigenvalue weighted by molar-refractivity contribution is -0.0611. The number of benzene rings is 2. The number of carbonyl (C=O) groups excluding carboxylic acids is 1. The number of halogens is 4. The van der Waals surface area contributed by atoms with Crippen molar-refractivity contribution in [2.24, 2.45) is 5.22 Å². The quantitative estimate of drug-likeness (QED) is 0.114. The molecule has 2 aromatic rings. The van der Waals surface area contributed by atoms with Gasteiger partial charge in [-0.25, -0.2) is 9.18 Å². The van der Waals surface area contributed by atoms with Gasteiger partial charge in [-0.1, -0.05) is 35.6 Å². The maximum absolute atomic E-state index is 13.1. The fourth-order valence-corrected chi connectivity index (χ4v) is 4.43. The van der Waals surface area contributed by atoms with Crippen LogP contribution in [0.15, 0.2) is 53.8 Å². The molecule has 13 heteroatoms. The molecule has 1 fully saturated rings. The minimum Gasteiger partial charge on any atom is -0.463 e. The van der Waals surface area contributed by atoms with E-state index in [4.69, 9.17) is 20.4 Å². The third-order valence-electron chi connectivity index (χ3n) is 6.03. The second kappa shape index (κ2) is 12.4. The minimum atomic E-state index is -5.03. The maximum atomic E-state index is 13.1. The lowest BCUT2D eigenvalue weighted by atomic mass is 9.90. The average molecular weight is 553 g/mol. The van der Waals surface area contributed by atoms with Gasteiger partial charge in [-0.05, 0) is 57.4 Å². The molecule has 0 aliphatic carbocycles. The lowest BCUT2D eigenvalue weighted by Crippen LogP contribution is -2.51. The van der Waals surface area contributed by atoms with Gasteiger partial charge in [-0.2, -0.15) is 23.7 Å². The Hall–Kier alpha value is -3.74. The van der Waals surface area contributed by atoms with Crippen LogP contribution in [0.2, 0.25) is 0 Å². The summed E-state index contributed by atoms with van der Waals surface area (Å²) in [6, 6.07) is 12.3. The fraction of sp³-hybridized carbons (Fsp3) is 0.462. The number of amides is 1. The van der Waals surface area contributed by atoms with Crippen LogP contribution in [-0.4, -0.2) is 48.1 Å². The highest BCUT2D eigenvalue weighted by atomic mass is 19.4. The van der Waals surface area contributed by atoms with Crippen LogP contribution in [0.5, 0.6) is 5.75 Å². The highest BCUT2D eigenvalue weighted by Crippen LogP contribution is 2.34. The first-order chi connectivity index (χ1) is 18.4. The third kappa shape index (κ3) is 7.65. The number of rotatable bonds is 8. The van der Waals surface area contributed by atoms with E-state index in [1.165, 1.54) is 12.1 Å². The van der Waals surface area contributed by atoms with Gasteiger partial charge in [0.05, 0.1) is 11.7 Å². The molecule has 3 N–H and O–H groups in total. The number of anilines is 1. The van der Waals surface area contributed by atoms with Crippen LogP contribution in [0.3, 0.4) is 0 Å². The van der Waals surface area contributed by atoms with E-state index >= 15 is 0 Å². The Morgan fingerprint density at radius 1 is 1.18 bits per heavy atom. The number of hydrogen-bond donors (Lipinski definition) is 3. The van der Waals surface area contributed by atoms with Gasteiger partial charge >= 0.3 is 12.3 Å². The molecule has 2 atom stereocenters.